The van der Waals surface area contributed by atoms with Crippen LogP contribution in [0.4, 0.5) is 5.00 Å². The molecule has 0 fully saturated rings. The van der Waals surface area contributed by atoms with Crippen LogP contribution < -0.4 is 5.32 Å². The Hall–Kier alpha value is -2.48. The van der Waals surface area contributed by atoms with Gasteiger partial charge in [-0.25, -0.2) is 4.98 Å². The normalized spacial score (nSPS) is 11.0. The molecule has 140 valence electrons. The maximum absolute atomic E-state index is 12.6. The predicted octanol–water partition coefficient (Wildman–Crippen LogP) is 6.43. The molecule has 0 atom stereocenters. The van der Waals surface area contributed by atoms with Crippen LogP contribution in [0, 0.1) is 0 Å². The molecule has 0 aliphatic heterocycles. The number of Topliss-reactive ketones (excluding diaryl/α,β-unsaturated/α-hetero) is 1. The number of fused-ring (bicyclic) bond motifs is 1. The van der Waals surface area contributed by atoms with Gasteiger partial charge in [-0.15, -0.1) is 11.3 Å². The second-order valence-corrected chi connectivity index (χ2v) is 8.23. The SMILES string of the molecule is CC(=O)c1c(-c2ccc(Cl)cc2)csc1NC(=O)c1nc2cc(Br)ccc2o1. The molecule has 8 heteroatoms. The number of aromatic nitrogens is 1. The second kappa shape index (κ2) is 7.50. The van der Waals surface area contributed by atoms with Crippen LogP contribution in [0.5, 0.6) is 0 Å². The van der Waals surface area contributed by atoms with Crippen molar-refractivity contribution in [2.24, 2.45) is 0 Å². The highest BCUT2D eigenvalue weighted by molar-refractivity contribution is 9.10. The van der Waals surface area contributed by atoms with E-state index in [-0.39, 0.29) is 11.7 Å². The summed E-state index contributed by atoms with van der Waals surface area (Å²) in [6, 6.07) is 12.5. The lowest BCUT2D eigenvalue weighted by Crippen LogP contribution is -2.13. The smallest absolute Gasteiger partial charge is 0.312 e. The van der Waals surface area contributed by atoms with Gasteiger partial charge in [0.2, 0.25) is 0 Å². The second-order valence-electron chi connectivity index (χ2n) is 6.00. The molecule has 0 bridgehead atoms. The summed E-state index contributed by atoms with van der Waals surface area (Å²) in [5, 5.41) is 5.64. The highest BCUT2D eigenvalue weighted by Crippen LogP contribution is 2.36. The predicted molar refractivity (Wildman–Crippen MR) is 114 cm³/mol. The summed E-state index contributed by atoms with van der Waals surface area (Å²) >= 11 is 10.6. The number of nitrogens with zero attached hydrogens (tertiary/aromatic N) is 1. The van der Waals surface area contributed by atoms with Crippen molar-refractivity contribution in [3.8, 4) is 11.1 Å². The van der Waals surface area contributed by atoms with E-state index in [4.69, 9.17) is 16.0 Å². The molecule has 1 amide bonds. The van der Waals surface area contributed by atoms with Crippen molar-refractivity contribution in [2.45, 2.75) is 6.92 Å². The van der Waals surface area contributed by atoms with Crippen molar-refractivity contribution in [1.29, 1.82) is 0 Å². The monoisotopic (exact) mass is 474 g/mol. The third-order valence-electron chi connectivity index (χ3n) is 4.07. The summed E-state index contributed by atoms with van der Waals surface area (Å²) < 4.78 is 6.36. The summed E-state index contributed by atoms with van der Waals surface area (Å²) in [4.78, 5) is 29.1. The molecule has 2 aromatic heterocycles. The molecule has 4 rings (SSSR count). The van der Waals surface area contributed by atoms with Crippen molar-refractivity contribution in [3.63, 3.8) is 0 Å². The van der Waals surface area contributed by atoms with E-state index in [1.165, 1.54) is 18.3 Å². The van der Waals surface area contributed by atoms with E-state index in [0.717, 1.165) is 15.6 Å². The lowest BCUT2D eigenvalue weighted by Gasteiger charge is -2.05. The molecule has 0 aliphatic rings. The maximum atomic E-state index is 12.6. The summed E-state index contributed by atoms with van der Waals surface area (Å²) in [6.07, 6.45) is 0. The third-order valence-corrected chi connectivity index (χ3v) is 5.71. The third kappa shape index (κ3) is 3.61. The van der Waals surface area contributed by atoms with E-state index in [1.807, 2.05) is 17.5 Å². The summed E-state index contributed by atoms with van der Waals surface area (Å²) in [6.45, 7) is 1.47. The number of nitrogens with one attached hydrogen (secondary N) is 1. The molecule has 0 saturated carbocycles. The van der Waals surface area contributed by atoms with Gasteiger partial charge in [0, 0.05) is 20.4 Å². The number of amides is 1. The van der Waals surface area contributed by atoms with Crippen molar-refractivity contribution in [1.82, 2.24) is 4.98 Å². The van der Waals surface area contributed by atoms with Crippen molar-refractivity contribution in [2.75, 3.05) is 5.32 Å². The molecular weight excluding hydrogens is 464 g/mol. The summed E-state index contributed by atoms with van der Waals surface area (Å²) in [5.74, 6) is -0.730. The molecule has 0 spiro atoms. The molecule has 1 N–H and O–H groups in total. The van der Waals surface area contributed by atoms with Crippen molar-refractivity contribution < 1.29 is 14.0 Å². The van der Waals surface area contributed by atoms with Crippen LogP contribution in [0.1, 0.15) is 28.0 Å². The van der Waals surface area contributed by atoms with E-state index < -0.39 is 5.91 Å². The number of oxazole rings is 1. The minimum Gasteiger partial charge on any atom is -0.432 e. The first-order valence-corrected chi connectivity index (χ1v) is 10.2. The Labute approximate surface area is 177 Å². The first kappa shape index (κ1) is 18.9. The summed E-state index contributed by atoms with van der Waals surface area (Å²) in [5.41, 5.74) is 3.11. The van der Waals surface area contributed by atoms with Crippen LogP contribution >= 0.6 is 38.9 Å². The van der Waals surface area contributed by atoms with Gasteiger partial charge in [-0.2, -0.15) is 0 Å². The molecule has 0 aliphatic carbocycles. The lowest BCUT2D eigenvalue weighted by molar-refractivity contribution is 0.0992. The highest BCUT2D eigenvalue weighted by atomic mass is 79.9. The number of rotatable bonds is 4. The Kier molecular flexibility index (Phi) is 5.05. The highest BCUT2D eigenvalue weighted by Gasteiger charge is 2.22. The van der Waals surface area contributed by atoms with Gasteiger partial charge in [0.1, 0.15) is 10.5 Å². The average Bonchev–Trinajstić information content (AvgIpc) is 3.26. The molecule has 0 saturated heterocycles. The van der Waals surface area contributed by atoms with E-state index in [2.05, 4.69) is 26.2 Å². The van der Waals surface area contributed by atoms with Crippen LogP contribution in [-0.4, -0.2) is 16.7 Å². The van der Waals surface area contributed by atoms with Crippen LogP contribution in [0.2, 0.25) is 5.02 Å². The number of anilines is 1. The van der Waals surface area contributed by atoms with E-state index in [0.29, 0.717) is 26.7 Å². The largest absolute Gasteiger partial charge is 0.432 e. The molecular formula is C20H12BrClN2O3S. The zero-order valence-corrected chi connectivity index (χ0v) is 17.6. The van der Waals surface area contributed by atoms with E-state index in [1.54, 1.807) is 30.3 Å². The molecule has 0 unspecified atom stereocenters. The van der Waals surface area contributed by atoms with Gasteiger partial charge in [0.25, 0.3) is 5.89 Å². The van der Waals surface area contributed by atoms with Crippen molar-refractivity contribution >= 4 is 66.7 Å². The molecule has 2 aromatic carbocycles. The molecule has 5 nitrogen and oxygen atoms in total. The Morgan fingerprint density at radius 2 is 1.93 bits per heavy atom. The Morgan fingerprint density at radius 1 is 1.18 bits per heavy atom. The number of hydrogen-bond acceptors (Lipinski definition) is 5. The zero-order valence-electron chi connectivity index (χ0n) is 14.5. The van der Waals surface area contributed by atoms with Crippen LogP contribution in [0.15, 0.2) is 56.7 Å². The lowest BCUT2D eigenvalue weighted by atomic mass is 10.0. The first-order chi connectivity index (χ1) is 13.4. The van der Waals surface area contributed by atoms with Gasteiger partial charge >= 0.3 is 5.91 Å². The number of benzene rings is 2. The number of thiophene rings is 1. The van der Waals surface area contributed by atoms with Gasteiger partial charge in [0.05, 0.1) is 5.56 Å². The number of halogens is 2. The van der Waals surface area contributed by atoms with Crippen LogP contribution in [0.3, 0.4) is 0 Å². The average molecular weight is 476 g/mol. The van der Waals surface area contributed by atoms with Crippen molar-refractivity contribution in [3.05, 3.63) is 68.8 Å². The Morgan fingerprint density at radius 3 is 2.64 bits per heavy atom. The summed E-state index contributed by atoms with van der Waals surface area (Å²) in [7, 11) is 0. The number of ketones is 1. The molecule has 2 heterocycles. The standard InChI is InChI=1S/C20H12BrClN2O3S/c1-10(25)17-14(11-2-5-13(22)6-3-11)9-28-20(17)24-18(26)19-23-15-8-12(21)4-7-16(15)27-19/h2-9H,1H3,(H,24,26). The van der Waals surface area contributed by atoms with Gasteiger partial charge in [-0.1, -0.05) is 39.7 Å². The number of carbonyl (C=O) groups is 2. The van der Waals surface area contributed by atoms with Gasteiger partial charge in [-0.3, -0.25) is 9.59 Å². The topological polar surface area (TPSA) is 72.2 Å². The number of carbonyl (C=O) groups excluding carboxylic acids is 2. The minimum absolute atomic E-state index is 0.0657. The molecule has 4 aromatic rings. The maximum Gasteiger partial charge on any atom is 0.312 e. The fourth-order valence-corrected chi connectivity index (χ4v) is 4.28. The number of hydrogen-bond donors (Lipinski definition) is 1. The minimum atomic E-state index is -0.515. The van der Waals surface area contributed by atoms with Gasteiger partial charge in [-0.05, 0) is 42.8 Å². The Bertz CT molecular complexity index is 1210. The quantitative estimate of drug-likeness (QED) is 0.345. The fourth-order valence-electron chi connectivity index (χ4n) is 2.80. The Balaban J connectivity index is 1.67. The van der Waals surface area contributed by atoms with Gasteiger partial charge < -0.3 is 9.73 Å². The van der Waals surface area contributed by atoms with Crippen LogP contribution in [0.25, 0.3) is 22.2 Å². The fraction of sp³-hybridized carbons (Fsp3) is 0.0500. The van der Waals surface area contributed by atoms with Gasteiger partial charge in [0.15, 0.2) is 11.4 Å². The van der Waals surface area contributed by atoms with E-state index in [9.17, 15) is 9.59 Å². The first-order valence-electron chi connectivity index (χ1n) is 8.18. The van der Waals surface area contributed by atoms with E-state index >= 15 is 0 Å². The van der Waals surface area contributed by atoms with Crippen LogP contribution in [-0.2, 0) is 0 Å². The molecule has 28 heavy (non-hydrogen) atoms. The zero-order chi connectivity index (χ0) is 19.8. The molecule has 0 radical (unpaired) electrons.